The predicted molar refractivity (Wildman–Crippen MR) is 83.2 cm³/mol. The molecule has 1 heterocycles. The molecule has 0 spiro atoms. The van der Waals surface area contributed by atoms with E-state index in [4.69, 9.17) is 0 Å². The summed E-state index contributed by atoms with van der Waals surface area (Å²) >= 11 is 0. The zero-order chi connectivity index (χ0) is 13.6. The second kappa shape index (κ2) is 11.8. The molecule has 0 radical (unpaired) electrons. The van der Waals surface area contributed by atoms with Gasteiger partial charge >= 0.3 is 0 Å². The maximum Gasteiger partial charge on any atom is 0.105 e. The number of unbranched alkanes of at least 4 members (excludes halogenated alkanes) is 8. The number of allylic oxidation sites excluding steroid dienone is 3. The zero-order valence-electron chi connectivity index (χ0n) is 12.1. The molecule has 0 saturated carbocycles. The van der Waals surface area contributed by atoms with Gasteiger partial charge in [-0.25, -0.2) is 4.98 Å². The fraction of sp³-hybridized carbons (Fsp3) is 0.588. The summed E-state index contributed by atoms with van der Waals surface area (Å²) in [6.07, 6.45) is 23.0. The molecule has 2 nitrogen and oxygen atoms in total. The Bertz CT molecular complexity index is 325. The molecule has 1 N–H and O–H groups in total. The molecule has 1 aromatic rings. The van der Waals surface area contributed by atoms with Gasteiger partial charge in [0.15, 0.2) is 0 Å². The molecular formula is C17H28N2. The maximum atomic E-state index is 4.24. The first-order valence-corrected chi connectivity index (χ1v) is 7.69. The van der Waals surface area contributed by atoms with E-state index in [1.54, 1.807) is 0 Å². The van der Waals surface area contributed by atoms with Gasteiger partial charge in [0.25, 0.3) is 0 Å². The minimum atomic E-state index is 1.10. The third kappa shape index (κ3) is 9.29. The van der Waals surface area contributed by atoms with E-state index in [1.807, 2.05) is 24.5 Å². The highest BCUT2D eigenvalue weighted by molar-refractivity contribution is 4.96. The molecule has 0 aliphatic carbocycles. The lowest BCUT2D eigenvalue weighted by atomic mass is 10.1. The van der Waals surface area contributed by atoms with Gasteiger partial charge in [0.1, 0.15) is 5.82 Å². The Hall–Kier alpha value is -1.31. The van der Waals surface area contributed by atoms with Crippen molar-refractivity contribution >= 4 is 0 Å². The Labute approximate surface area is 118 Å². The van der Waals surface area contributed by atoms with Gasteiger partial charge in [-0.05, 0) is 19.3 Å². The number of H-pyrrole nitrogens is 1. The van der Waals surface area contributed by atoms with E-state index < -0.39 is 0 Å². The lowest BCUT2D eigenvalue weighted by molar-refractivity contribution is 0.567. The van der Waals surface area contributed by atoms with Crippen molar-refractivity contribution in [2.24, 2.45) is 0 Å². The van der Waals surface area contributed by atoms with Crippen LogP contribution in [0.25, 0.3) is 0 Å². The van der Waals surface area contributed by atoms with Crippen LogP contribution in [0.15, 0.2) is 37.2 Å². The molecule has 0 atom stereocenters. The standard InChI is InChI=1S/C17H28N2/c1-2-3-4-5-6-7-8-9-10-11-12-13-14-17-18-15-16-19-17/h2-4,15-16H,1,5-14H2,(H,18,19). The number of nitrogens with zero attached hydrogens (tertiary/aromatic N) is 1. The molecule has 0 aromatic carbocycles. The lowest BCUT2D eigenvalue weighted by Gasteiger charge is -2.01. The number of rotatable bonds is 12. The van der Waals surface area contributed by atoms with E-state index in [0.717, 1.165) is 12.2 Å². The molecule has 2 heteroatoms. The van der Waals surface area contributed by atoms with Gasteiger partial charge in [-0.15, -0.1) is 0 Å². The molecule has 0 amide bonds. The van der Waals surface area contributed by atoms with Gasteiger partial charge in [0.2, 0.25) is 0 Å². The second-order valence-electron chi connectivity index (χ2n) is 5.07. The SMILES string of the molecule is C=CC=CCCCCCCCCCCc1ncc[nH]1. The first kappa shape index (κ1) is 15.7. The fourth-order valence-corrected chi connectivity index (χ4v) is 2.24. The summed E-state index contributed by atoms with van der Waals surface area (Å²) in [4.78, 5) is 7.39. The average Bonchev–Trinajstić information content (AvgIpc) is 2.93. The first-order valence-electron chi connectivity index (χ1n) is 7.69. The molecular weight excluding hydrogens is 232 g/mol. The van der Waals surface area contributed by atoms with Crippen LogP contribution in [0.3, 0.4) is 0 Å². The molecule has 0 fully saturated rings. The summed E-state index contributed by atoms with van der Waals surface area (Å²) in [5.74, 6) is 1.13. The number of aromatic nitrogens is 2. The molecule has 0 saturated heterocycles. The van der Waals surface area contributed by atoms with Gasteiger partial charge in [-0.2, -0.15) is 0 Å². The topological polar surface area (TPSA) is 28.7 Å². The first-order chi connectivity index (χ1) is 9.43. The smallest absolute Gasteiger partial charge is 0.105 e. The maximum absolute atomic E-state index is 4.24. The van der Waals surface area contributed by atoms with E-state index in [1.165, 1.54) is 57.8 Å². The number of nitrogens with one attached hydrogen (secondary N) is 1. The predicted octanol–water partition coefficient (Wildman–Crippen LogP) is 5.21. The van der Waals surface area contributed by atoms with Crippen LogP contribution in [-0.2, 0) is 6.42 Å². The summed E-state index contributed by atoms with van der Waals surface area (Å²) < 4.78 is 0. The Morgan fingerprint density at radius 3 is 2.32 bits per heavy atom. The highest BCUT2D eigenvalue weighted by atomic mass is 14.9. The number of hydrogen-bond donors (Lipinski definition) is 1. The summed E-state index contributed by atoms with van der Waals surface area (Å²) in [5.41, 5.74) is 0. The second-order valence-corrected chi connectivity index (χ2v) is 5.07. The van der Waals surface area contributed by atoms with Crippen molar-refractivity contribution in [3.05, 3.63) is 43.0 Å². The van der Waals surface area contributed by atoms with Crippen molar-refractivity contribution in [1.29, 1.82) is 0 Å². The van der Waals surface area contributed by atoms with Gasteiger partial charge in [-0.3, -0.25) is 0 Å². The van der Waals surface area contributed by atoms with E-state index >= 15 is 0 Å². The highest BCUT2D eigenvalue weighted by Crippen LogP contribution is 2.11. The normalized spacial score (nSPS) is 11.2. The molecule has 1 rings (SSSR count). The van der Waals surface area contributed by atoms with Crippen LogP contribution < -0.4 is 0 Å². The lowest BCUT2D eigenvalue weighted by Crippen LogP contribution is -1.88. The van der Waals surface area contributed by atoms with Gasteiger partial charge in [0, 0.05) is 18.8 Å². The summed E-state index contributed by atoms with van der Waals surface area (Å²) in [5, 5.41) is 0. The Morgan fingerprint density at radius 2 is 1.68 bits per heavy atom. The Balaban J connectivity index is 1.76. The van der Waals surface area contributed by atoms with Crippen molar-refractivity contribution in [1.82, 2.24) is 9.97 Å². The third-order valence-corrected chi connectivity index (χ3v) is 3.36. The number of imidazole rings is 1. The molecule has 0 aliphatic rings. The van der Waals surface area contributed by atoms with Crippen LogP contribution in [0.1, 0.15) is 63.6 Å². The zero-order valence-corrected chi connectivity index (χ0v) is 12.1. The molecule has 0 aliphatic heterocycles. The molecule has 0 unspecified atom stereocenters. The number of hydrogen-bond acceptors (Lipinski definition) is 1. The minimum Gasteiger partial charge on any atom is -0.349 e. The number of aromatic amines is 1. The quantitative estimate of drug-likeness (QED) is 0.406. The monoisotopic (exact) mass is 260 g/mol. The van der Waals surface area contributed by atoms with Crippen molar-refractivity contribution in [3.8, 4) is 0 Å². The highest BCUT2D eigenvalue weighted by Gasteiger charge is 1.95. The van der Waals surface area contributed by atoms with Crippen molar-refractivity contribution < 1.29 is 0 Å². The average molecular weight is 260 g/mol. The van der Waals surface area contributed by atoms with Crippen LogP contribution >= 0.6 is 0 Å². The Kier molecular flexibility index (Phi) is 9.75. The van der Waals surface area contributed by atoms with E-state index in [0.29, 0.717) is 0 Å². The van der Waals surface area contributed by atoms with E-state index in [2.05, 4.69) is 22.6 Å². The minimum absolute atomic E-state index is 1.10. The summed E-state index contributed by atoms with van der Waals surface area (Å²) in [7, 11) is 0. The Morgan fingerprint density at radius 1 is 1.00 bits per heavy atom. The summed E-state index contributed by atoms with van der Waals surface area (Å²) in [6.45, 7) is 3.67. The van der Waals surface area contributed by atoms with E-state index in [9.17, 15) is 0 Å². The van der Waals surface area contributed by atoms with Gasteiger partial charge in [0.05, 0.1) is 0 Å². The number of aryl methyl sites for hydroxylation is 1. The third-order valence-electron chi connectivity index (χ3n) is 3.36. The van der Waals surface area contributed by atoms with Crippen molar-refractivity contribution in [2.45, 2.75) is 64.2 Å². The summed E-state index contributed by atoms with van der Waals surface area (Å²) in [6, 6.07) is 0. The molecule has 1 aromatic heterocycles. The molecule has 0 bridgehead atoms. The van der Waals surface area contributed by atoms with Gasteiger partial charge in [-0.1, -0.05) is 63.3 Å². The van der Waals surface area contributed by atoms with Gasteiger partial charge < -0.3 is 4.98 Å². The van der Waals surface area contributed by atoms with Crippen LogP contribution in [0.4, 0.5) is 0 Å². The largest absolute Gasteiger partial charge is 0.349 e. The van der Waals surface area contributed by atoms with Crippen molar-refractivity contribution in [3.63, 3.8) is 0 Å². The van der Waals surface area contributed by atoms with Crippen LogP contribution in [0.2, 0.25) is 0 Å². The molecule has 106 valence electrons. The fourth-order valence-electron chi connectivity index (χ4n) is 2.24. The van der Waals surface area contributed by atoms with Crippen LogP contribution in [0.5, 0.6) is 0 Å². The van der Waals surface area contributed by atoms with E-state index in [-0.39, 0.29) is 0 Å². The van der Waals surface area contributed by atoms with Crippen LogP contribution in [-0.4, -0.2) is 9.97 Å². The van der Waals surface area contributed by atoms with Crippen LogP contribution in [0, 0.1) is 0 Å². The van der Waals surface area contributed by atoms with Crippen molar-refractivity contribution in [2.75, 3.05) is 0 Å². The molecule has 19 heavy (non-hydrogen) atoms.